The van der Waals surface area contributed by atoms with E-state index in [0.717, 1.165) is 95.1 Å². The maximum absolute atomic E-state index is 10.3. The van der Waals surface area contributed by atoms with Gasteiger partial charge in [-0.25, -0.2) is 15.4 Å². The fraction of sp³-hybridized carbons (Fsp3) is 0.528. The molecule has 1 unspecified atom stereocenters. The monoisotopic (exact) mass is 682 g/mol. The molecule has 1 amide bonds. The fourth-order valence-electron chi connectivity index (χ4n) is 5.32. The van der Waals surface area contributed by atoms with Crippen LogP contribution in [0.15, 0.2) is 35.8 Å². The number of aliphatic hydroxyl groups is 1. The van der Waals surface area contributed by atoms with Crippen molar-refractivity contribution >= 4 is 35.3 Å². The van der Waals surface area contributed by atoms with Crippen LogP contribution in [0.4, 0.5) is 0 Å². The van der Waals surface area contributed by atoms with Gasteiger partial charge in [-0.2, -0.15) is 0 Å². The predicted molar refractivity (Wildman–Crippen MR) is 194 cm³/mol. The van der Waals surface area contributed by atoms with Gasteiger partial charge in [-0.05, 0) is 69.2 Å². The molecule has 0 aliphatic rings. The van der Waals surface area contributed by atoms with Crippen molar-refractivity contribution in [3.63, 3.8) is 0 Å². The van der Waals surface area contributed by atoms with Gasteiger partial charge in [0, 0.05) is 49.5 Å². The van der Waals surface area contributed by atoms with Gasteiger partial charge in [0.15, 0.2) is 0 Å². The molecule has 0 fully saturated rings. The van der Waals surface area contributed by atoms with Crippen LogP contribution in [0.1, 0.15) is 89.6 Å². The first kappa shape index (κ1) is 40.5. The summed E-state index contributed by atoms with van der Waals surface area (Å²) in [5.41, 5.74) is 12.9. The predicted octanol–water partition coefficient (Wildman–Crippen LogP) is 6.68. The first-order chi connectivity index (χ1) is 23.2. The normalized spacial score (nSPS) is 11.6. The third kappa shape index (κ3) is 11.2. The molecule has 11 nitrogen and oxygen atoms in total. The highest BCUT2D eigenvalue weighted by Gasteiger charge is 2.28. The molecule has 3 N–H and O–H groups in total. The number of amides is 1. The standard InChI is InChI=1S/C32H44N6O3S.C2H4O2.C2H6/c1-6-38-27-15-14-25(26-19-42-28(36-26)13-9-7-8-10-17-34-35-21-40)37-30(27)24(18-32(3,4)20-39)31(38)23-12-11-16-33-29(23)22(2)41-5;1-4-2-3;1-2/h11-12,14-16,19,21-22,34,39H,6-10,13,17-18,20H2,1-5H3,(H,35,40);2H,1H3;1-2H3. The first-order valence-corrected chi connectivity index (χ1v) is 17.6. The van der Waals surface area contributed by atoms with Crippen LogP contribution < -0.4 is 10.9 Å². The molecule has 0 radical (unpaired) electrons. The van der Waals surface area contributed by atoms with Gasteiger partial charge in [0.1, 0.15) is 0 Å². The van der Waals surface area contributed by atoms with Crippen LogP contribution in [-0.4, -0.2) is 64.9 Å². The summed E-state index contributed by atoms with van der Waals surface area (Å²) < 4.78 is 11.9. The van der Waals surface area contributed by atoms with E-state index in [4.69, 9.17) is 24.5 Å². The van der Waals surface area contributed by atoms with Crippen LogP contribution in [0.2, 0.25) is 0 Å². The summed E-state index contributed by atoms with van der Waals surface area (Å²) in [6, 6.07) is 8.31. The van der Waals surface area contributed by atoms with E-state index in [2.05, 4.69) is 64.5 Å². The van der Waals surface area contributed by atoms with Gasteiger partial charge in [-0.1, -0.05) is 40.5 Å². The van der Waals surface area contributed by atoms with Crippen LogP contribution in [0, 0.1) is 5.41 Å². The van der Waals surface area contributed by atoms with Gasteiger partial charge >= 0.3 is 0 Å². The lowest BCUT2D eigenvalue weighted by atomic mass is 9.85. The van der Waals surface area contributed by atoms with E-state index >= 15 is 0 Å². The minimum atomic E-state index is -0.330. The lowest BCUT2D eigenvalue weighted by Gasteiger charge is -2.23. The Bertz CT molecular complexity index is 1540. The number of aliphatic hydroxyl groups excluding tert-OH is 1. The number of thiazole rings is 1. The second-order valence-electron chi connectivity index (χ2n) is 11.8. The number of ether oxygens (including phenoxy) is 2. The number of hydrogen-bond donors (Lipinski definition) is 3. The highest BCUT2D eigenvalue weighted by atomic mass is 32.1. The zero-order valence-electron chi connectivity index (χ0n) is 29.8. The lowest BCUT2D eigenvalue weighted by Crippen LogP contribution is -2.30. The molecular weight excluding hydrogens is 629 g/mol. The second kappa shape index (κ2) is 21.3. The Kier molecular flexibility index (Phi) is 18.0. The highest BCUT2D eigenvalue weighted by Crippen LogP contribution is 2.40. The number of hydrazine groups is 1. The van der Waals surface area contributed by atoms with Crippen LogP contribution in [0.25, 0.3) is 33.7 Å². The van der Waals surface area contributed by atoms with E-state index in [1.54, 1.807) is 18.4 Å². The largest absolute Gasteiger partial charge is 0.471 e. The smallest absolute Gasteiger partial charge is 0.292 e. The van der Waals surface area contributed by atoms with Crippen LogP contribution >= 0.6 is 11.3 Å². The maximum atomic E-state index is 10.3. The average Bonchev–Trinajstić information content (AvgIpc) is 3.72. The molecule has 0 spiro atoms. The molecule has 4 rings (SSSR count). The van der Waals surface area contributed by atoms with Gasteiger partial charge in [-0.15, -0.1) is 11.3 Å². The van der Waals surface area contributed by atoms with Crippen molar-refractivity contribution in [2.45, 2.75) is 92.7 Å². The number of nitrogens with one attached hydrogen (secondary N) is 2. The van der Waals surface area contributed by atoms with Crippen molar-refractivity contribution in [3.8, 4) is 22.6 Å². The van der Waals surface area contributed by atoms with Crippen molar-refractivity contribution in [2.75, 3.05) is 27.4 Å². The van der Waals surface area contributed by atoms with E-state index in [0.29, 0.717) is 19.3 Å². The SMILES string of the molecule is CC.CCn1c(-c2cccnc2C(C)OC)c(CC(C)(C)CO)c2nc(-c3csc(CCCCCCNNC=O)n3)ccc21.COC=O. The lowest BCUT2D eigenvalue weighted by molar-refractivity contribution is -0.126. The summed E-state index contributed by atoms with van der Waals surface area (Å²) in [7, 11) is 3.02. The number of aromatic nitrogens is 4. The van der Waals surface area contributed by atoms with E-state index in [-0.39, 0.29) is 18.1 Å². The summed E-state index contributed by atoms with van der Waals surface area (Å²) in [5, 5.41) is 13.5. The van der Waals surface area contributed by atoms with E-state index < -0.39 is 0 Å². The summed E-state index contributed by atoms with van der Waals surface area (Å²) in [4.78, 5) is 34.1. The first-order valence-electron chi connectivity index (χ1n) is 16.7. The summed E-state index contributed by atoms with van der Waals surface area (Å²) in [6.45, 7) is 14.3. The van der Waals surface area contributed by atoms with E-state index in [9.17, 15) is 9.90 Å². The Morgan fingerprint density at radius 2 is 1.79 bits per heavy atom. The molecule has 4 aromatic rings. The Hall–Kier alpha value is -3.71. The number of pyridine rings is 2. The molecule has 264 valence electrons. The molecule has 0 bridgehead atoms. The van der Waals surface area contributed by atoms with Gasteiger partial charge in [0.2, 0.25) is 6.41 Å². The Labute approximate surface area is 289 Å². The Morgan fingerprint density at radius 3 is 2.44 bits per heavy atom. The van der Waals surface area contributed by atoms with E-state index in [1.807, 2.05) is 33.0 Å². The third-order valence-electron chi connectivity index (χ3n) is 7.75. The summed E-state index contributed by atoms with van der Waals surface area (Å²) in [5.74, 6) is 0. The molecule has 0 aliphatic carbocycles. The molecule has 4 heterocycles. The molecule has 0 aromatic carbocycles. The van der Waals surface area contributed by atoms with Gasteiger partial charge in [0.05, 0.1) is 52.0 Å². The number of fused-ring (bicyclic) bond motifs is 1. The highest BCUT2D eigenvalue weighted by molar-refractivity contribution is 7.09. The number of hydrogen-bond acceptors (Lipinski definition) is 10. The van der Waals surface area contributed by atoms with Gasteiger partial charge in [-0.3, -0.25) is 20.0 Å². The number of carbonyl (C=O) groups is 2. The van der Waals surface area contributed by atoms with Crippen LogP contribution in [0.3, 0.4) is 0 Å². The molecule has 12 heteroatoms. The van der Waals surface area contributed by atoms with Crippen LogP contribution in [0.5, 0.6) is 0 Å². The minimum absolute atomic E-state index is 0.0703. The third-order valence-corrected chi connectivity index (χ3v) is 8.66. The molecule has 1 atom stereocenters. The van der Waals surface area contributed by atoms with Crippen molar-refractivity contribution in [2.24, 2.45) is 5.41 Å². The number of nitrogens with zero attached hydrogens (tertiary/aromatic N) is 4. The molecule has 4 aromatic heterocycles. The van der Waals surface area contributed by atoms with Crippen LogP contribution in [-0.2, 0) is 38.4 Å². The number of methoxy groups -OCH3 is 2. The topological polar surface area (TPSA) is 140 Å². The van der Waals surface area contributed by atoms with Gasteiger partial charge in [0.25, 0.3) is 6.47 Å². The van der Waals surface area contributed by atoms with Crippen molar-refractivity contribution < 1.29 is 24.2 Å². The Morgan fingerprint density at radius 1 is 1.06 bits per heavy atom. The number of unbranched alkanes of at least 4 members (excludes halogenated alkanes) is 3. The molecular formula is C36H54N6O5S. The molecule has 0 aliphatic heterocycles. The van der Waals surface area contributed by atoms with E-state index in [1.165, 1.54) is 7.11 Å². The molecule has 48 heavy (non-hydrogen) atoms. The summed E-state index contributed by atoms with van der Waals surface area (Å²) in [6.07, 6.45) is 8.24. The maximum Gasteiger partial charge on any atom is 0.292 e. The van der Waals surface area contributed by atoms with Crippen molar-refractivity contribution in [1.29, 1.82) is 0 Å². The zero-order chi connectivity index (χ0) is 35.5. The summed E-state index contributed by atoms with van der Waals surface area (Å²) >= 11 is 1.69. The quantitative estimate of drug-likeness (QED) is 0.0596. The van der Waals surface area contributed by atoms with Gasteiger partial charge < -0.3 is 19.1 Å². The fourth-order valence-corrected chi connectivity index (χ4v) is 6.16. The number of aryl methyl sites for hydroxylation is 2. The van der Waals surface area contributed by atoms with Crippen molar-refractivity contribution in [3.05, 3.63) is 52.1 Å². The minimum Gasteiger partial charge on any atom is -0.471 e. The zero-order valence-corrected chi connectivity index (χ0v) is 30.7. The van der Waals surface area contributed by atoms with Crippen molar-refractivity contribution in [1.82, 2.24) is 30.4 Å². The second-order valence-corrected chi connectivity index (χ2v) is 12.7. The number of carbonyl (C=O) groups excluding carboxylic acids is 2. The molecule has 0 saturated carbocycles. The Balaban J connectivity index is 0.00000124. The average molecular weight is 683 g/mol. The molecule has 0 saturated heterocycles. The number of rotatable bonds is 18.